The molecule has 0 heterocycles. The zero-order valence-electron chi connectivity index (χ0n) is 21.0. The summed E-state index contributed by atoms with van der Waals surface area (Å²) in [6.45, 7) is 13.6. The Hall–Kier alpha value is -1.05. The molecular formula is C22H46N2O9. The quantitative estimate of drug-likeness (QED) is 0.211. The second kappa shape index (κ2) is 22.7. The number of hydrogen-bond donors (Lipinski definition) is 1. The summed E-state index contributed by atoms with van der Waals surface area (Å²) in [4.78, 5) is 13.3. The van der Waals surface area contributed by atoms with E-state index in [9.17, 15) is 4.79 Å². The molecule has 0 aliphatic carbocycles. The number of rotatable bonds is 23. The van der Waals surface area contributed by atoms with Gasteiger partial charge < -0.3 is 48.5 Å². The molecule has 2 N–H and O–H groups in total. The molecule has 0 aromatic heterocycles. The van der Waals surface area contributed by atoms with Crippen molar-refractivity contribution in [1.82, 2.24) is 4.90 Å². The average molecular weight is 483 g/mol. The Morgan fingerprint density at radius 1 is 0.606 bits per heavy atom. The van der Waals surface area contributed by atoms with Crippen LogP contribution in [-0.2, 0) is 37.9 Å². The zero-order chi connectivity index (χ0) is 24.6. The van der Waals surface area contributed by atoms with E-state index in [1.54, 1.807) is 7.05 Å². The molecule has 198 valence electrons. The van der Waals surface area contributed by atoms with Gasteiger partial charge in [-0.15, -0.1) is 0 Å². The van der Waals surface area contributed by atoms with Crippen LogP contribution in [-0.4, -0.2) is 129 Å². The van der Waals surface area contributed by atoms with Crippen molar-refractivity contribution in [1.29, 1.82) is 0 Å². The van der Waals surface area contributed by atoms with Crippen LogP contribution in [0.25, 0.3) is 0 Å². The number of amides is 1. The smallest absolute Gasteiger partial charge is 0.410 e. The fraction of sp³-hybridized carbons (Fsp3) is 0.955. The summed E-state index contributed by atoms with van der Waals surface area (Å²) in [7, 11) is 1.68. The lowest BCUT2D eigenvalue weighted by Crippen LogP contribution is -2.36. The Labute approximate surface area is 199 Å². The first-order chi connectivity index (χ1) is 15.9. The van der Waals surface area contributed by atoms with Crippen molar-refractivity contribution in [3.63, 3.8) is 0 Å². The second-order valence-corrected chi connectivity index (χ2v) is 7.98. The normalized spacial score (nSPS) is 11.7. The number of carbonyl (C=O) groups excluding carboxylic acids is 1. The van der Waals surface area contributed by atoms with E-state index in [2.05, 4.69) is 0 Å². The predicted molar refractivity (Wildman–Crippen MR) is 124 cm³/mol. The molecule has 0 unspecified atom stereocenters. The lowest BCUT2D eigenvalue weighted by molar-refractivity contribution is -0.0210. The van der Waals surface area contributed by atoms with Crippen molar-refractivity contribution in [3.05, 3.63) is 0 Å². The first kappa shape index (κ1) is 31.9. The monoisotopic (exact) mass is 482 g/mol. The summed E-state index contributed by atoms with van der Waals surface area (Å²) in [5.41, 5.74) is 4.81. The van der Waals surface area contributed by atoms with E-state index in [1.807, 2.05) is 20.8 Å². The Bertz CT molecular complexity index is 437. The van der Waals surface area contributed by atoms with E-state index in [4.69, 9.17) is 43.6 Å². The van der Waals surface area contributed by atoms with Crippen molar-refractivity contribution < 1.29 is 42.7 Å². The van der Waals surface area contributed by atoms with Gasteiger partial charge in [-0.3, -0.25) is 0 Å². The van der Waals surface area contributed by atoms with Crippen LogP contribution >= 0.6 is 0 Å². The average Bonchev–Trinajstić information content (AvgIpc) is 2.76. The van der Waals surface area contributed by atoms with Gasteiger partial charge in [-0.1, -0.05) is 0 Å². The summed E-state index contributed by atoms with van der Waals surface area (Å²) >= 11 is 0. The molecule has 0 aromatic carbocycles. The van der Waals surface area contributed by atoms with Gasteiger partial charge in [0, 0.05) is 20.1 Å². The highest BCUT2D eigenvalue weighted by Crippen LogP contribution is 2.08. The third-order valence-corrected chi connectivity index (χ3v) is 3.77. The molecule has 11 heteroatoms. The Balaban J connectivity index is 3.19. The van der Waals surface area contributed by atoms with Gasteiger partial charge in [0.2, 0.25) is 0 Å². The molecule has 0 aliphatic rings. The maximum atomic E-state index is 11.8. The van der Waals surface area contributed by atoms with E-state index in [0.717, 1.165) is 0 Å². The van der Waals surface area contributed by atoms with Gasteiger partial charge in [0.25, 0.3) is 0 Å². The Kier molecular flexibility index (Phi) is 22.0. The molecular weight excluding hydrogens is 436 g/mol. The van der Waals surface area contributed by atoms with Crippen molar-refractivity contribution >= 4 is 6.09 Å². The number of nitrogens with zero attached hydrogens (tertiary/aromatic N) is 1. The van der Waals surface area contributed by atoms with Crippen LogP contribution in [0.1, 0.15) is 20.8 Å². The summed E-state index contributed by atoms with van der Waals surface area (Å²) in [6, 6.07) is 0. The molecule has 0 aliphatic heterocycles. The highest BCUT2D eigenvalue weighted by atomic mass is 16.6. The van der Waals surface area contributed by atoms with E-state index < -0.39 is 5.60 Å². The first-order valence-electron chi connectivity index (χ1n) is 11.5. The lowest BCUT2D eigenvalue weighted by atomic mass is 10.2. The minimum absolute atomic E-state index is 0.359. The number of carbonyl (C=O) groups is 1. The highest BCUT2D eigenvalue weighted by Gasteiger charge is 2.19. The van der Waals surface area contributed by atoms with Gasteiger partial charge in [0.1, 0.15) is 5.60 Å². The molecule has 0 spiro atoms. The predicted octanol–water partition coefficient (Wildman–Crippen LogP) is 0.928. The maximum Gasteiger partial charge on any atom is 0.410 e. The van der Waals surface area contributed by atoms with E-state index in [1.165, 1.54) is 4.90 Å². The number of ether oxygens (including phenoxy) is 8. The van der Waals surface area contributed by atoms with Crippen LogP contribution in [0.4, 0.5) is 4.79 Å². The summed E-state index contributed by atoms with van der Waals surface area (Å²) < 4.78 is 42.9. The summed E-state index contributed by atoms with van der Waals surface area (Å²) in [5.74, 6) is 0. The largest absolute Gasteiger partial charge is 0.444 e. The molecule has 0 rings (SSSR count). The van der Waals surface area contributed by atoms with Crippen LogP contribution < -0.4 is 5.73 Å². The zero-order valence-corrected chi connectivity index (χ0v) is 21.0. The molecule has 0 bridgehead atoms. The molecule has 0 radical (unpaired) electrons. The summed E-state index contributed by atoms with van der Waals surface area (Å²) in [5, 5.41) is 0. The SMILES string of the molecule is CN(CCOCCOCCOCCOCCOCCOCCOCCN)C(=O)OC(C)(C)C. The Morgan fingerprint density at radius 3 is 1.21 bits per heavy atom. The molecule has 0 fully saturated rings. The van der Waals surface area contributed by atoms with Crippen LogP contribution in [0.5, 0.6) is 0 Å². The third-order valence-electron chi connectivity index (χ3n) is 3.77. The van der Waals surface area contributed by atoms with E-state index in [0.29, 0.717) is 106 Å². The molecule has 0 saturated heterocycles. The minimum Gasteiger partial charge on any atom is -0.444 e. The van der Waals surface area contributed by atoms with Crippen molar-refractivity contribution in [2.75, 3.05) is 113 Å². The summed E-state index contributed by atoms with van der Waals surface area (Å²) in [6.07, 6.45) is -0.359. The lowest BCUT2D eigenvalue weighted by Gasteiger charge is -2.24. The number of hydrogen-bond acceptors (Lipinski definition) is 10. The van der Waals surface area contributed by atoms with Crippen LogP contribution in [0.3, 0.4) is 0 Å². The molecule has 0 aromatic rings. The van der Waals surface area contributed by atoms with Gasteiger partial charge in [0.05, 0.1) is 92.5 Å². The molecule has 0 saturated carbocycles. The van der Waals surface area contributed by atoms with E-state index in [-0.39, 0.29) is 6.09 Å². The fourth-order valence-electron chi connectivity index (χ4n) is 2.14. The fourth-order valence-corrected chi connectivity index (χ4v) is 2.14. The minimum atomic E-state index is -0.501. The topological polar surface area (TPSA) is 120 Å². The highest BCUT2D eigenvalue weighted by molar-refractivity contribution is 5.67. The van der Waals surface area contributed by atoms with Gasteiger partial charge >= 0.3 is 6.09 Å². The second-order valence-electron chi connectivity index (χ2n) is 7.98. The van der Waals surface area contributed by atoms with Crippen molar-refractivity contribution in [2.24, 2.45) is 5.73 Å². The Morgan fingerprint density at radius 2 is 0.909 bits per heavy atom. The number of likely N-dealkylation sites (N-methyl/N-ethyl adjacent to an activating group) is 1. The first-order valence-corrected chi connectivity index (χ1v) is 11.5. The van der Waals surface area contributed by atoms with Crippen LogP contribution in [0.15, 0.2) is 0 Å². The molecule has 33 heavy (non-hydrogen) atoms. The molecule has 1 amide bonds. The number of nitrogens with two attached hydrogens (primary N) is 1. The van der Waals surface area contributed by atoms with Gasteiger partial charge in [-0.25, -0.2) is 4.79 Å². The molecule has 11 nitrogen and oxygen atoms in total. The van der Waals surface area contributed by atoms with Crippen LogP contribution in [0, 0.1) is 0 Å². The van der Waals surface area contributed by atoms with E-state index >= 15 is 0 Å². The van der Waals surface area contributed by atoms with Crippen molar-refractivity contribution in [2.45, 2.75) is 26.4 Å². The van der Waals surface area contributed by atoms with Gasteiger partial charge in [-0.2, -0.15) is 0 Å². The van der Waals surface area contributed by atoms with Crippen LogP contribution in [0.2, 0.25) is 0 Å². The van der Waals surface area contributed by atoms with Gasteiger partial charge in [0.15, 0.2) is 0 Å². The third kappa shape index (κ3) is 25.4. The van der Waals surface area contributed by atoms with Gasteiger partial charge in [-0.05, 0) is 20.8 Å². The molecule has 0 atom stereocenters. The van der Waals surface area contributed by atoms with Crippen molar-refractivity contribution in [3.8, 4) is 0 Å². The maximum absolute atomic E-state index is 11.8. The standard InChI is InChI=1S/C22H46N2O9/c1-22(2,3)33-21(25)24(4)6-8-27-10-12-29-14-16-31-18-20-32-19-17-30-15-13-28-11-9-26-7-5-23/h5-20,23H2,1-4H3.